The maximum atomic E-state index is 13.7. The zero-order valence-electron chi connectivity index (χ0n) is 13.3. The molecule has 1 fully saturated rings. The van der Waals surface area contributed by atoms with Crippen LogP contribution < -0.4 is 10.6 Å². The molecule has 0 saturated carbocycles. The second-order valence-corrected chi connectivity index (χ2v) is 6.46. The Kier molecular flexibility index (Phi) is 7.30. The first-order valence-corrected chi connectivity index (χ1v) is 7.72. The Morgan fingerprint density at radius 1 is 1.36 bits per heavy atom. The van der Waals surface area contributed by atoms with E-state index in [-0.39, 0.29) is 35.5 Å². The van der Waals surface area contributed by atoms with Crippen molar-refractivity contribution in [2.45, 2.75) is 39.0 Å². The molecule has 22 heavy (non-hydrogen) atoms. The highest BCUT2D eigenvalue weighted by atomic mass is 35.5. The number of carbonyl (C=O) groups is 1. The van der Waals surface area contributed by atoms with Crippen LogP contribution in [0.25, 0.3) is 0 Å². The van der Waals surface area contributed by atoms with Gasteiger partial charge in [0.05, 0.1) is 0 Å². The number of amides is 1. The molecule has 1 aliphatic heterocycles. The highest BCUT2D eigenvalue weighted by Gasteiger charge is 2.27. The number of piperidine rings is 1. The summed E-state index contributed by atoms with van der Waals surface area (Å²) >= 11 is 0. The van der Waals surface area contributed by atoms with Gasteiger partial charge in [0.25, 0.3) is 0 Å². The van der Waals surface area contributed by atoms with Gasteiger partial charge < -0.3 is 10.6 Å². The maximum Gasteiger partial charge on any atom is 0.220 e. The Morgan fingerprint density at radius 3 is 2.64 bits per heavy atom. The summed E-state index contributed by atoms with van der Waals surface area (Å²) in [6.07, 6.45) is 2.49. The van der Waals surface area contributed by atoms with Gasteiger partial charge in [0.1, 0.15) is 5.82 Å². The van der Waals surface area contributed by atoms with Gasteiger partial charge >= 0.3 is 0 Å². The Bertz CT molecular complexity index is 489. The van der Waals surface area contributed by atoms with Crippen molar-refractivity contribution in [2.75, 3.05) is 19.6 Å². The summed E-state index contributed by atoms with van der Waals surface area (Å²) in [5.74, 6) is -0.333. The van der Waals surface area contributed by atoms with E-state index in [4.69, 9.17) is 0 Å². The number of rotatable bonds is 5. The molecule has 1 atom stereocenters. The van der Waals surface area contributed by atoms with Gasteiger partial charge in [-0.25, -0.2) is 4.39 Å². The van der Waals surface area contributed by atoms with Crippen molar-refractivity contribution in [3.8, 4) is 0 Å². The molecular weight excluding hydrogens is 303 g/mol. The molecule has 1 heterocycles. The zero-order chi connectivity index (χ0) is 15.3. The Morgan fingerprint density at radius 2 is 2.00 bits per heavy atom. The number of hydrogen-bond acceptors (Lipinski definition) is 2. The van der Waals surface area contributed by atoms with Gasteiger partial charge in [-0.15, -0.1) is 12.4 Å². The highest BCUT2D eigenvalue weighted by molar-refractivity contribution is 5.85. The first-order chi connectivity index (χ1) is 10.0. The molecule has 124 valence electrons. The molecule has 1 aromatic rings. The van der Waals surface area contributed by atoms with Crippen LogP contribution >= 0.6 is 12.4 Å². The largest absolute Gasteiger partial charge is 0.356 e. The van der Waals surface area contributed by atoms with E-state index in [0.29, 0.717) is 18.5 Å². The molecule has 0 aromatic heterocycles. The second kappa shape index (κ2) is 8.49. The van der Waals surface area contributed by atoms with Gasteiger partial charge in [0, 0.05) is 13.0 Å². The fraction of sp³-hybridized carbons (Fsp3) is 0.588. The van der Waals surface area contributed by atoms with Crippen molar-refractivity contribution in [1.82, 2.24) is 10.6 Å². The summed E-state index contributed by atoms with van der Waals surface area (Å²) in [5.41, 5.74) is 0.794. The van der Waals surface area contributed by atoms with Gasteiger partial charge in [0.2, 0.25) is 5.91 Å². The first-order valence-electron chi connectivity index (χ1n) is 7.72. The summed E-state index contributed by atoms with van der Waals surface area (Å²) in [5, 5.41) is 6.36. The van der Waals surface area contributed by atoms with Gasteiger partial charge in [0.15, 0.2) is 0 Å². The molecule has 0 aliphatic carbocycles. The van der Waals surface area contributed by atoms with E-state index in [9.17, 15) is 9.18 Å². The monoisotopic (exact) mass is 328 g/mol. The van der Waals surface area contributed by atoms with Crippen molar-refractivity contribution in [3.63, 3.8) is 0 Å². The van der Waals surface area contributed by atoms with E-state index in [2.05, 4.69) is 17.6 Å². The average Bonchev–Trinajstić information content (AvgIpc) is 2.46. The lowest BCUT2D eigenvalue weighted by Crippen LogP contribution is -2.43. The molecule has 0 radical (unpaired) electrons. The molecule has 0 spiro atoms. The summed E-state index contributed by atoms with van der Waals surface area (Å²) < 4.78 is 13.7. The van der Waals surface area contributed by atoms with Crippen LogP contribution in [0.5, 0.6) is 0 Å². The molecular formula is C17H26ClFN2O. The van der Waals surface area contributed by atoms with Crippen molar-refractivity contribution in [2.24, 2.45) is 5.41 Å². The van der Waals surface area contributed by atoms with Crippen molar-refractivity contribution >= 4 is 18.3 Å². The quantitative estimate of drug-likeness (QED) is 0.871. The van der Waals surface area contributed by atoms with Crippen molar-refractivity contribution in [1.29, 1.82) is 0 Å². The van der Waals surface area contributed by atoms with E-state index in [1.165, 1.54) is 6.07 Å². The Hall–Kier alpha value is -1.13. The van der Waals surface area contributed by atoms with Gasteiger partial charge in [-0.3, -0.25) is 4.79 Å². The lowest BCUT2D eigenvalue weighted by atomic mass is 9.81. The van der Waals surface area contributed by atoms with E-state index in [0.717, 1.165) is 25.9 Å². The molecule has 1 aromatic carbocycles. The molecule has 2 rings (SSSR count). The number of carbonyl (C=O) groups excluding carboxylic acids is 1. The molecule has 1 saturated heterocycles. The third-order valence-electron chi connectivity index (χ3n) is 4.45. The molecule has 3 nitrogen and oxygen atoms in total. The van der Waals surface area contributed by atoms with Gasteiger partial charge in [-0.1, -0.05) is 32.0 Å². The van der Waals surface area contributed by atoms with Crippen LogP contribution in [0.3, 0.4) is 0 Å². The van der Waals surface area contributed by atoms with Gasteiger partial charge in [-0.05, 0) is 48.9 Å². The average molecular weight is 329 g/mol. The van der Waals surface area contributed by atoms with Crippen LogP contribution in [0.15, 0.2) is 24.3 Å². The molecule has 0 bridgehead atoms. The zero-order valence-corrected chi connectivity index (χ0v) is 14.1. The number of hydrogen-bond donors (Lipinski definition) is 2. The maximum absolute atomic E-state index is 13.7. The smallest absolute Gasteiger partial charge is 0.220 e. The van der Waals surface area contributed by atoms with E-state index < -0.39 is 0 Å². The molecule has 1 aliphatic rings. The first kappa shape index (κ1) is 18.9. The predicted octanol–water partition coefficient (Wildman–Crippen LogP) is 3.25. The number of nitrogens with one attached hydrogen (secondary N) is 2. The summed E-state index contributed by atoms with van der Waals surface area (Å²) in [6, 6.07) is 6.67. The summed E-state index contributed by atoms with van der Waals surface area (Å²) in [6.45, 7) is 6.84. The minimum absolute atomic E-state index is 0. The van der Waals surface area contributed by atoms with Gasteiger partial charge in [-0.2, -0.15) is 0 Å². The summed E-state index contributed by atoms with van der Waals surface area (Å²) in [7, 11) is 0. The van der Waals surface area contributed by atoms with Crippen LogP contribution in [0.2, 0.25) is 0 Å². The topological polar surface area (TPSA) is 41.1 Å². The van der Waals surface area contributed by atoms with E-state index in [1.807, 2.05) is 13.0 Å². The van der Waals surface area contributed by atoms with Crippen molar-refractivity contribution < 1.29 is 9.18 Å². The Balaban J connectivity index is 0.00000242. The van der Waals surface area contributed by atoms with E-state index >= 15 is 0 Å². The lowest BCUT2D eigenvalue weighted by Gasteiger charge is -2.34. The third-order valence-corrected chi connectivity index (χ3v) is 4.45. The lowest BCUT2D eigenvalue weighted by molar-refractivity contribution is -0.122. The van der Waals surface area contributed by atoms with Crippen LogP contribution in [0, 0.1) is 11.2 Å². The van der Waals surface area contributed by atoms with Crippen LogP contribution in [-0.4, -0.2) is 25.5 Å². The molecule has 2 N–H and O–H groups in total. The third kappa shape index (κ3) is 5.25. The van der Waals surface area contributed by atoms with Crippen molar-refractivity contribution in [3.05, 3.63) is 35.6 Å². The fourth-order valence-corrected chi connectivity index (χ4v) is 2.85. The summed E-state index contributed by atoms with van der Waals surface area (Å²) in [4.78, 5) is 12.1. The fourth-order valence-electron chi connectivity index (χ4n) is 2.85. The standard InChI is InChI=1S/C17H25FN2O.ClH/c1-13(14-5-3-4-6-15(14)18)11-16(21)20-12-17(2)7-9-19-10-8-17;/h3-6,13,19H,7-12H2,1-2H3,(H,20,21);1H. The second-order valence-electron chi connectivity index (χ2n) is 6.46. The SMILES string of the molecule is CC(CC(=O)NCC1(C)CCNCC1)c1ccccc1F.Cl. The van der Waals surface area contributed by atoms with Crippen LogP contribution in [-0.2, 0) is 4.79 Å². The minimum Gasteiger partial charge on any atom is -0.356 e. The van der Waals surface area contributed by atoms with Crippen LogP contribution in [0.4, 0.5) is 4.39 Å². The molecule has 1 amide bonds. The molecule has 1 unspecified atom stereocenters. The van der Waals surface area contributed by atoms with Crippen LogP contribution in [0.1, 0.15) is 44.6 Å². The minimum atomic E-state index is -0.233. The Labute approximate surface area is 138 Å². The predicted molar refractivity (Wildman–Crippen MR) is 89.9 cm³/mol. The normalized spacial score (nSPS) is 18.1. The number of benzene rings is 1. The highest BCUT2D eigenvalue weighted by Crippen LogP contribution is 2.27. The molecule has 5 heteroatoms. The van der Waals surface area contributed by atoms with E-state index in [1.54, 1.807) is 12.1 Å². The number of halogens is 2.